The van der Waals surface area contributed by atoms with Crippen LogP contribution in [-0.2, 0) is 4.79 Å². The Labute approximate surface area is 180 Å². The van der Waals surface area contributed by atoms with Gasteiger partial charge in [0.05, 0.1) is 41.8 Å². The SMILES string of the molecule is COc1cc2c(cc1-c1ccc(C#N)cc1)C(c1cccc(C#N)c1)=NCC(=O)N2C. The third-order valence-electron chi connectivity index (χ3n) is 5.27. The maximum Gasteiger partial charge on any atom is 0.248 e. The monoisotopic (exact) mass is 406 g/mol. The van der Waals surface area contributed by atoms with Crippen LogP contribution < -0.4 is 9.64 Å². The number of hydrogen-bond acceptors (Lipinski definition) is 5. The van der Waals surface area contributed by atoms with Crippen molar-refractivity contribution in [3.8, 4) is 29.0 Å². The molecule has 0 N–H and O–H groups in total. The minimum Gasteiger partial charge on any atom is -0.496 e. The van der Waals surface area contributed by atoms with Gasteiger partial charge in [0.15, 0.2) is 0 Å². The number of nitriles is 2. The standard InChI is InChI=1S/C25H18N4O2/c1-29-22-12-23(31-2)20(18-8-6-16(13-26)7-9-18)11-21(22)25(28-15-24(29)30)19-5-3-4-17(10-19)14-27/h3-12H,15H2,1-2H3. The molecule has 3 aromatic carbocycles. The van der Waals surface area contributed by atoms with Crippen LogP contribution in [0.15, 0.2) is 65.7 Å². The molecule has 6 nitrogen and oxygen atoms in total. The van der Waals surface area contributed by atoms with Crippen LogP contribution in [0.25, 0.3) is 11.1 Å². The lowest BCUT2D eigenvalue weighted by atomic mass is 9.94. The number of carbonyl (C=O) groups excluding carboxylic acids is 1. The molecule has 1 amide bonds. The first-order chi connectivity index (χ1) is 15.0. The highest BCUT2D eigenvalue weighted by Crippen LogP contribution is 2.38. The van der Waals surface area contributed by atoms with E-state index in [1.807, 2.05) is 30.3 Å². The van der Waals surface area contributed by atoms with E-state index >= 15 is 0 Å². The van der Waals surface area contributed by atoms with E-state index in [-0.39, 0.29) is 12.5 Å². The molecule has 0 fully saturated rings. The fourth-order valence-electron chi connectivity index (χ4n) is 3.61. The number of rotatable bonds is 3. The van der Waals surface area contributed by atoms with Gasteiger partial charge in [0.25, 0.3) is 0 Å². The molecule has 4 rings (SSSR count). The number of ether oxygens (including phenoxy) is 1. The molecule has 150 valence electrons. The highest BCUT2D eigenvalue weighted by Gasteiger charge is 2.25. The van der Waals surface area contributed by atoms with Gasteiger partial charge < -0.3 is 9.64 Å². The summed E-state index contributed by atoms with van der Waals surface area (Å²) in [4.78, 5) is 18.8. The molecule has 0 radical (unpaired) electrons. The third kappa shape index (κ3) is 3.63. The first kappa shape index (κ1) is 19.9. The summed E-state index contributed by atoms with van der Waals surface area (Å²) in [6.45, 7) is 0.00576. The van der Waals surface area contributed by atoms with Gasteiger partial charge in [-0.2, -0.15) is 10.5 Å². The van der Waals surface area contributed by atoms with Crippen molar-refractivity contribution in [1.29, 1.82) is 10.5 Å². The Morgan fingerprint density at radius 1 is 0.935 bits per heavy atom. The number of hydrogen-bond donors (Lipinski definition) is 0. The van der Waals surface area contributed by atoms with Crippen LogP contribution in [0.4, 0.5) is 5.69 Å². The Morgan fingerprint density at radius 3 is 2.35 bits per heavy atom. The fraction of sp³-hybridized carbons (Fsp3) is 0.120. The number of anilines is 1. The summed E-state index contributed by atoms with van der Waals surface area (Å²) in [5.74, 6) is 0.469. The normalized spacial score (nSPS) is 12.8. The molecule has 1 aliphatic rings. The summed E-state index contributed by atoms with van der Waals surface area (Å²) in [6.07, 6.45) is 0. The number of carbonyl (C=O) groups is 1. The lowest BCUT2D eigenvalue weighted by Gasteiger charge is -2.21. The molecule has 0 unspecified atom stereocenters. The second-order valence-corrected chi connectivity index (χ2v) is 7.07. The van der Waals surface area contributed by atoms with Crippen LogP contribution in [0.2, 0.25) is 0 Å². The molecular weight excluding hydrogens is 388 g/mol. The zero-order valence-electron chi connectivity index (χ0n) is 17.1. The van der Waals surface area contributed by atoms with Crippen molar-refractivity contribution in [3.63, 3.8) is 0 Å². The van der Waals surface area contributed by atoms with Gasteiger partial charge >= 0.3 is 0 Å². The summed E-state index contributed by atoms with van der Waals surface area (Å²) in [5, 5.41) is 18.4. The van der Waals surface area contributed by atoms with E-state index in [0.29, 0.717) is 28.3 Å². The van der Waals surface area contributed by atoms with E-state index in [1.165, 1.54) is 0 Å². The molecule has 0 aromatic heterocycles. The van der Waals surface area contributed by atoms with Crippen molar-refractivity contribution in [2.45, 2.75) is 0 Å². The largest absolute Gasteiger partial charge is 0.496 e. The van der Waals surface area contributed by atoms with Crippen LogP contribution in [0.5, 0.6) is 5.75 Å². The molecule has 0 aliphatic carbocycles. The number of fused-ring (bicyclic) bond motifs is 1. The van der Waals surface area contributed by atoms with Crippen LogP contribution >= 0.6 is 0 Å². The van der Waals surface area contributed by atoms with E-state index in [2.05, 4.69) is 17.1 Å². The van der Waals surface area contributed by atoms with Crippen molar-refractivity contribution in [1.82, 2.24) is 0 Å². The minimum atomic E-state index is -0.138. The number of methoxy groups -OCH3 is 1. The molecule has 31 heavy (non-hydrogen) atoms. The highest BCUT2D eigenvalue weighted by atomic mass is 16.5. The van der Waals surface area contributed by atoms with Gasteiger partial charge in [-0.05, 0) is 35.9 Å². The Hall–Kier alpha value is -4.42. The Morgan fingerprint density at radius 2 is 1.68 bits per heavy atom. The second-order valence-electron chi connectivity index (χ2n) is 7.07. The van der Waals surface area contributed by atoms with Gasteiger partial charge in [0.1, 0.15) is 12.3 Å². The highest BCUT2D eigenvalue weighted by molar-refractivity contribution is 6.20. The maximum atomic E-state index is 12.6. The van der Waals surface area contributed by atoms with Crippen molar-refractivity contribution in [2.75, 3.05) is 25.6 Å². The molecule has 0 atom stereocenters. The van der Waals surface area contributed by atoms with Gasteiger partial charge in [-0.15, -0.1) is 0 Å². The lowest BCUT2D eigenvalue weighted by molar-refractivity contribution is -0.116. The van der Waals surface area contributed by atoms with E-state index in [9.17, 15) is 10.1 Å². The molecule has 1 aliphatic heterocycles. The summed E-state index contributed by atoms with van der Waals surface area (Å²) in [6, 6.07) is 22.5. The third-order valence-corrected chi connectivity index (χ3v) is 5.27. The Bertz CT molecular complexity index is 1290. The van der Waals surface area contributed by atoms with E-state index in [1.54, 1.807) is 49.4 Å². The minimum absolute atomic E-state index is 0.00576. The summed E-state index contributed by atoms with van der Waals surface area (Å²) in [5.41, 5.74) is 5.63. The van der Waals surface area contributed by atoms with Crippen molar-refractivity contribution < 1.29 is 9.53 Å². The average Bonchev–Trinajstić information content (AvgIpc) is 2.94. The second kappa shape index (κ2) is 8.14. The summed E-state index contributed by atoms with van der Waals surface area (Å²) >= 11 is 0. The van der Waals surface area contributed by atoms with Crippen molar-refractivity contribution >= 4 is 17.3 Å². The van der Waals surface area contributed by atoms with Crippen LogP contribution in [-0.4, -0.2) is 32.3 Å². The van der Waals surface area contributed by atoms with Crippen molar-refractivity contribution in [3.05, 3.63) is 82.9 Å². The number of nitrogens with zero attached hydrogens (tertiary/aromatic N) is 4. The van der Waals surface area contributed by atoms with E-state index in [0.717, 1.165) is 22.3 Å². The van der Waals surface area contributed by atoms with E-state index < -0.39 is 0 Å². The number of amides is 1. The first-order valence-electron chi connectivity index (χ1n) is 9.60. The molecule has 0 saturated carbocycles. The summed E-state index contributed by atoms with van der Waals surface area (Å²) < 4.78 is 5.64. The molecule has 0 bridgehead atoms. The maximum absolute atomic E-state index is 12.6. The smallest absolute Gasteiger partial charge is 0.248 e. The number of aliphatic imine (C=N–C) groups is 1. The molecule has 1 heterocycles. The molecule has 0 spiro atoms. The van der Waals surface area contributed by atoms with Gasteiger partial charge in [-0.3, -0.25) is 9.79 Å². The predicted octanol–water partition coefficient (Wildman–Crippen LogP) is 3.92. The van der Waals surface area contributed by atoms with Gasteiger partial charge in [-0.1, -0.05) is 24.3 Å². The molecular formula is C25H18N4O2. The zero-order valence-corrected chi connectivity index (χ0v) is 17.1. The lowest BCUT2D eigenvalue weighted by Crippen LogP contribution is -2.27. The quantitative estimate of drug-likeness (QED) is 0.659. The van der Waals surface area contributed by atoms with Gasteiger partial charge in [0.2, 0.25) is 5.91 Å². The first-order valence-corrected chi connectivity index (χ1v) is 9.60. The Kier molecular flexibility index (Phi) is 5.22. The van der Waals surface area contributed by atoms with Crippen LogP contribution in [0.1, 0.15) is 22.3 Å². The topological polar surface area (TPSA) is 89.5 Å². The van der Waals surface area contributed by atoms with Crippen LogP contribution in [0.3, 0.4) is 0 Å². The molecule has 0 saturated heterocycles. The number of benzodiazepines with no additional fused rings is 1. The van der Waals surface area contributed by atoms with E-state index in [4.69, 9.17) is 10.00 Å². The molecule has 6 heteroatoms. The van der Waals surface area contributed by atoms with Crippen molar-refractivity contribution in [2.24, 2.45) is 4.99 Å². The number of likely N-dealkylation sites (N-methyl/N-ethyl adjacent to an activating group) is 1. The fourth-order valence-corrected chi connectivity index (χ4v) is 3.61. The Balaban J connectivity index is 1.96. The van der Waals surface area contributed by atoms with Gasteiger partial charge in [-0.25, -0.2) is 0 Å². The number of benzene rings is 3. The summed E-state index contributed by atoms with van der Waals surface area (Å²) in [7, 11) is 3.30. The molecule has 3 aromatic rings. The average molecular weight is 406 g/mol. The van der Waals surface area contributed by atoms with Crippen LogP contribution in [0, 0.1) is 22.7 Å². The zero-order chi connectivity index (χ0) is 22.0. The van der Waals surface area contributed by atoms with Gasteiger partial charge in [0, 0.05) is 29.8 Å². The predicted molar refractivity (Wildman–Crippen MR) is 118 cm³/mol.